The summed E-state index contributed by atoms with van der Waals surface area (Å²) in [6.45, 7) is 3.62. The first-order chi connectivity index (χ1) is 8.79. The van der Waals surface area contributed by atoms with Crippen LogP contribution in [0.5, 0.6) is 0 Å². The molecule has 0 bridgehead atoms. The third-order valence-electron chi connectivity index (χ3n) is 2.97. The van der Waals surface area contributed by atoms with E-state index in [1.165, 1.54) is 5.56 Å². The lowest BCUT2D eigenvalue weighted by Crippen LogP contribution is -2.09. The van der Waals surface area contributed by atoms with E-state index in [0.717, 1.165) is 29.3 Å². The number of aliphatic imine (C=N–C) groups is 1. The number of hydrogen-bond acceptors (Lipinski definition) is 4. The van der Waals surface area contributed by atoms with E-state index in [4.69, 9.17) is 0 Å². The van der Waals surface area contributed by atoms with Crippen molar-refractivity contribution in [2.24, 2.45) is 12.0 Å². The largest absolute Gasteiger partial charge is 0.370 e. The summed E-state index contributed by atoms with van der Waals surface area (Å²) in [6, 6.07) is 2.02. The standard InChI is InChI=1S/C13H15N5/c1-3-14-13-11-9(4-5-15-13)6-16-12(11)10-7-18(2)8-17-10/h4-5,7-8H,3,6H2,1-2H3,(H,14,15). The summed E-state index contributed by atoms with van der Waals surface area (Å²) in [6.07, 6.45) is 5.60. The number of imidazole rings is 1. The van der Waals surface area contributed by atoms with Crippen molar-refractivity contribution in [3.63, 3.8) is 0 Å². The van der Waals surface area contributed by atoms with Crippen molar-refractivity contribution in [1.29, 1.82) is 0 Å². The summed E-state index contributed by atoms with van der Waals surface area (Å²) in [5.41, 5.74) is 4.15. The van der Waals surface area contributed by atoms with Gasteiger partial charge in [0, 0.05) is 31.5 Å². The molecule has 1 N–H and O–H groups in total. The smallest absolute Gasteiger partial charge is 0.135 e. The lowest BCUT2D eigenvalue weighted by Gasteiger charge is -2.09. The van der Waals surface area contributed by atoms with E-state index in [2.05, 4.69) is 27.2 Å². The van der Waals surface area contributed by atoms with Crippen LogP contribution in [0.3, 0.4) is 0 Å². The van der Waals surface area contributed by atoms with E-state index >= 15 is 0 Å². The van der Waals surface area contributed by atoms with E-state index < -0.39 is 0 Å². The van der Waals surface area contributed by atoms with Gasteiger partial charge in [0.2, 0.25) is 0 Å². The van der Waals surface area contributed by atoms with Gasteiger partial charge in [0.05, 0.1) is 18.6 Å². The Kier molecular flexibility index (Phi) is 2.59. The summed E-state index contributed by atoms with van der Waals surface area (Å²) in [5, 5.41) is 3.29. The maximum atomic E-state index is 4.59. The topological polar surface area (TPSA) is 55.1 Å². The molecule has 5 nitrogen and oxygen atoms in total. The Balaban J connectivity index is 2.09. The molecule has 3 heterocycles. The van der Waals surface area contributed by atoms with Crippen LogP contribution in [0.25, 0.3) is 0 Å². The molecule has 0 fully saturated rings. The Morgan fingerprint density at radius 1 is 1.39 bits per heavy atom. The zero-order valence-corrected chi connectivity index (χ0v) is 10.5. The number of nitrogens with one attached hydrogen (secondary N) is 1. The van der Waals surface area contributed by atoms with Gasteiger partial charge in [-0.1, -0.05) is 0 Å². The van der Waals surface area contributed by atoms with Gasteiger partial charge in [-0.05, 0) is 18.6 Å². The molecule has 0 saturated heterocycles. The molecule has 92 valence electrons. The highest BCUT2D eigenvalue weighted by atomic mass is 15.0. The minimum Gasteiger partial charge on any atom is -0.370 e. The van der Waals surface area contributed by atoms with Crippen LogP contribution in [0.4, 0.5) is 5.82 Å². The summed E-state index contributed by atoms with van der Waals surface area (Å²) in [5.74, 6) is 0.900. The van der Waals surface area contributed by atoms with E-state index in [0.29, 0.717) is 6.54 Å². The van der Waals surface area contributed by atoms with Gasteiger partial charge in [-0.2, -0.15) is 0 Å². The van der Waals surface area contributed by atoms with E-state index in [1.54, 1.807) is 6.33 Å². The first-order valence-electron chi connectivity index (χ1n) is 6.04. The van der Waals surface area contributed by atoms with Gasteiger partial charge >= 0.3 is 0 Å². The second-order valence-corrected chi connectivity index (χ2v) is 4.31. The van der Waals surface area contributed by atoms with Gasteiger partial charge in [0.25, 0.3) is 0 Å². The molecule has 0 amide bonds. The van der Waals surface area contributed by atoms with Crippen molar-refractivity contribution in [2.75, 3.05) is 11.9 Å². The molecule has 0 radical (unpaired) electrons. The Labute approximate surface area is 106 Å². The molecule has 0 spiro atoms. The minimum atomic E-state index is 0.710. The van der Waals surface area contributed by atoms with Crippen LogP contribution in [0.1, 0.15) is 23.7 Å². The highest BCUT2D eigenvalue weighted by molar-refractivity contribution is 6.16. The average Bonchev–Trinajstić information content (AvgIpc) is 2.96. The quantitative estimate of drug-likeness (QED) is 0.888. The highest BCUT2D eigenvalue weighted by Crippen LogP contribution is 2.27. The van der Waals surface area contributed by atoms with Crippen LogP contribution in [0, 0.1) is 0 Å². The molecule has 5 heteroatoms. The summed E-state index contributed by atoms with van der Waals surface area (Å²) >= 11 is 0. The molecule has 0 aromatic carbocycles. The van der Waals surface area contributed by atoms with Crippen LogP contribution in [-0.4, -0.2) is 26.8 Å². The zero-order chi connectivity index (χ0) is 12.5. The molecular weight excluding hydrogens is 226 g/mol. The minimum absolute atomic E-state index is 0.710. The first kappa shape index (κ1) is 11.0. The SMILES string of the molecule is CCNc1nccc2c1C(c1cn(C)cn1)=NC2. The van der Waals surface area contributed by atoms with Crippen LogP contribution >= 0.6 is 0 Å². The molecule has 2 aromatic heterocycles. The molecule has 0 atom stereocenters. The molecule has 2 aromatic rings. The molecule has 0 saturated carbocycles. The maximum Gasteiger partial charge on any atom is 0.135 e. The summed E-state index contributed by atoms with van der Waals surface area (Å²) < 4.78 is 1.93. The Morgan fingerprint density at radius 3 is 3.00 bits per heavy atom. The van der Waals surface area contributed by atoms with E-state index in [1.807, 2.05) is 30.1 Å². The zero-order valence-electron chi connectivity index (χ0n) is 10.5. The number of rotatable bonds is 3. The number of nitrogens with zero attached hydrogens (tertiary/aromatic N) is 4. The monoisotopic (exact) mass is 241 g/mol. The van der Waals surface area contributed by atoms with Crippen molar-refractivity contribution in [3.05, 3.63) is 41.6 Å². The van der Waals surface area contributed by atoms with Gasteiger partial charge in [-0.25, -0.2) is 9.97 Å². The van der Waals surface area contributed by atoms with Crippen molar-refractivity contribution in [3.8, 4) is 0 Å². The van der Waals surface area contributed by atoms with Crippen LogP contribution in [0.2, 0.25) is 0 Å². The van der Waals surface area contributed by atoms with Crippen LogP contribution in [0.15, 0.2) is 29.8 Å². The van der Waals surface area contributed by atoms with Gasteiger partial charge in [-0.3, -0.25) is 4.99 Å². The molecule has 18 heavy (non-hydrogen) atoms. The number of aromatic nitrogens is 3. The lowest BCUT2D eigenvalue weighted by atomic mass is 10.1. The highest BCUT2D eigenvalue weighted by Gasteiger charge is 2.23. The molecule has 3 rings (SSSR count). The van der Waals surface area contributed by atoms with Gasteiger partial charge in [0.15, 0.2) is 0 Å². The van der Waals surface area contributed by atoms with Crippen LogP contribution < -0.4 is 5.32 Å². The fourth-order valence-corrected chi connectivity index (χ4v) is 2.19. The second kappa shape index (κ2) is 4.25. The summed E-state index contributed by atoms with van der Waals surface area (Å²) in [7, 11) is 1.96. The third kappa shape index (κ3) is 1.68. The number of pyridine rings is 1. The summed E-state index contributed by atoms with van der Waals surface area (Å²) in [4.78, 5) is 13.4. The fourth-order valence-electron chi connectivity index (χ4n) is 2.19. The number of aryl methyl sites for hydroxylation is 1. The van der Waals surface area contributed by atoms with Crippen molar-refractivity contribution < 1.29 is 0 Å². The van der Waals surface area contributed by atoms with Gasteiger partial charge < -0.3 is 9.88 Å². The van der Waals surface area contributed by atoms with E-state index in [-0.39, 0.29) is 0 Å². The maximum absolute atomic E-state index is 4.59. The Hall–Kier alpha value is -2.17. The molecule has 1 aliphatic heterocycles. The Bertz CT molecular complexity index is 612. The first-order valence-corrected chi connectivity index (χ1v) is 6.04. The number of hydrogen-bond donors (Lipinski definition) is 1. The predicted octanol–water partition coefficient (Wildman–Crippen LogP) is 1.60. The Morgan fingerprint density at radius 2 is 2.28 bits per heavy atom. The number of anilines is 1. The van der Waals surface area contributed by atoms with Gasteiger partial charge in [-0.15, -0.1) is 0 Å². The second-order valence-electron chi connectivity index (χ2n) is 4.31. The molecule has 0 unspecified atom stereocenters. The molecular formula is C13H15N5. The van der Waals surface area contributed by atoms with Crippen molar-refractivity contribution in [2.45, 2.75) is 13.5 Å². The van der Waals surface area contributed by atoms with E-state index in [9.17, 15) is 0 Å². The third-order valence-corrected chi connectivity index (χ3v) is 2.97. The predicted molar refractivity (Wildman–Crippen MR) is 71.0 cm³/mol. The fraction of sp³-hybridized carbons (Fsp3) is 0.308. The molecule has 0 aliphatic carbocycles. The lowest BCUT2D eigenvalue weighted by molar-refractivity contribution is 0.913. The average molecular weight is 241 g/mol. The van der Waals surface area contributed by atoms with Crippen molar-refractivity contribution >= 4 is 11.5 Å². The van der Waals surface area contributed by atoms with Gasteiger partial charge in [0.1, 0.15) is 11.5 Å². The normalized spacial score (nSPS) is 13.3. The number of fused-ring (bicyclic) bond motifs is 1. The van der Waals surface area contributed by atoms with Crippen molar-refractivity contribution in [1.82, 2.24) is 14.5 Å². The van der Waals surface area contributed by atoms with Crippen LogP contribution in [-0.2, 0) is 13.6 Å². The molecule has 1 aliphatic rings.